The first kappa shape index (κ1) is 17.1. The van der Waals surface area contributed by atoms with E-state index in [-0.39, 0.29) is 11.5 Å². The molecule has 5 aromatic carbocycles. The Morgan fingerprint density at radius 3 is 1.76 bits per heavy atom. The minimum Gasteiger partial charge on any atom is -0.508 e. The van der Waals surface area contributed by atoms with Crippen molar-refractivity contribution in [2.24, 2.45) is 0 Å². The van der Waals surface area contributed by atoms with Crippen molar-refractivity contribution in [1.29, 1.82) is 0 Å². The summed E-state index contributed by atoms with van der Waals surface area (Å²) in [5, 5.41) is 23.7. The van der Waals surface area contributed by atoms with Crippen LogP contribution in [0.1, 0.15) is 0 Å². The van der Waals surface area contributed by atoms with Crippen LogP contribution >= 0.6 is 0 Å². The highest BCUT2D eigenvalue weighted by Gasteiger charge is 2.11. The van der Waals surface area contributed by atoms with Crippen LogP contribution in [0.2, 0.25) is 0 Å². The first-order valence-corrected chi connectivity index (χ1v) is 9.44. The molecule has 5 aromatic rings. The van der Waals surface area contributed by atoms with Crippen LogP contribution in [0.4, 0.5) is 5.69 Å². The Bertz CT molecular complexity index is 1390. The van der Waals surface area contributed by atoms with Gasteiger partial charge in [0.2, 0.25) is 0 Å². The molecule has 0 heterocycles. The predicted octanol–water partition coefficient (Wildman–Crippen LogP) is 6.32. The second-order valence-electron chi connectivity index (χ2n) is 7.22. The monoisotopic (exact) mass is 377 g/mol. The second-order valence-corrected chi connectivity index (χ2v) is 7.22. The molecule has 140 valence electrons. The lowest BCUT2D eigenvalue weighted by atomic mass is 9.92. The van der Waals surface area contributed by atoms with E-state index < -0.39 is 0 Å². The number of nitrogens with two attached hydrogens (primary N) is 1. The van der Waals surface area contributed by atoms with Crippen LogP contribution in [0.3, 0.4) is 0 Å². The van der Waals surface area contributed by atoms with E-state index in [0.717, 1.165) is 43.8 Å². The summed E-state index contributed by atoms with van der Waals surface area (Å²) in [6, 6.07) is 28.9. The van der Waals surface area contributed by atoms with E-state index >= 15 is 0 Å². The number of rotatable bonds is 2. The van der Waals surface area contributed by atoms with Crippen LogP contribution in [-0.4, -0.2) is 10.2 Å². The average Bonchev–Trinajstić information content (AvgIpc) is 2.73. The lowest BCUT2D eigenvalue weighted by molar-refractivity contribution is 0.475. The SMILES string of the molecule is Nc1ccc(-c2cccc3cc(O)ccc23)cc1-c1cccc2cc(O)ccc12. The molecule has 0 aromatic heterocycles. The Kier molecular flexibility index (Phi) is 3.88. The van der Waals surface area contributed by atoms with Crippen molar-refractivity contribution in [2.75, 3.05) is 5.73 Å². The largest absolute Gasteiger partial charge is 0.508 e. The molecule has 0 saturated carbocycles. The van der Waals surface area contributed by atoms with E-state index in [1.54, 1.807) is 24.3 Å². The minimum atomic E-state index is 0.246. The molecule has 0 fully saturated rings. The maximum Gasteiger partial charge on any atom is 0.116 e. The standard InChI is InChI=1S/C26H19NO2/c27-26-12-7-18(21-5-1-3-16-13-19(28)8-10-22(16)21)15-25(26)24-6-2-4-17-14-20(29)9-11-23(17)24/h1-15,28-29H,27H2. The molecule has 0 bridgehead atoms. The Labute approximate surface area is 168 Å². The summed E-state index contributed by atoms with van der Waals surface area (Å²) in [7, 11) is 0. The molecule has 0 aliphatic rings. The fraction of sp³-hybridized carbons (Fsp3) is 0. The number of benzene rings is 5. The summed E-state index contributed by atoms with van der Waals surface area (Å²) in [5.74, 6) is 0.502. The number of phenolic OH excluding ortho intramolecular Hbond substituents is 2. The van der Waals surface area contributed by atoms with Gasteiger partial charge in [-0.25, -0.2) is 0 Å². The zero-order valence-electron chi connectivity index (χ0n) is 15.6. The normalized spacial score (nSPS) is 11.2. The van der Waals surface area contributed by atoms with Gasteiger partial charge in [0.15, 0.2) is 0 Å². The van der Waals surface area contributed by atoms with Crippen molar-refractivity contribution in [2.45, 2.75) is 0 Å². The van der Waals surface area contributed by atoms with Gasteiger partial charge in [-0.15, -0.1) is 0 Å². The maximum atomic E-state index is 9.82. The summed E-state index contributed by atoms with van der Waals surface area (Å²) in [4.78, 5) is 0. The van der Waals surface area contributed by atoms with Gasteiger partial charge >= 0.3 is 0 Å². The van der Waals surface area contributed by atoms with E-state index in [2.05, 4.69) is 18.2 Å². The van der Waals surface area contributed by atoms with Gasteiger partial charge in [0.05, 0.1) is 0 Å². The molecule has 29 heavy (non-hydrogen) atoms. The Balaban J connectivity index is 1.74. The molecule has 0 radical (unpaired) electrons. The van der Waals surface area contributed by atoms with Crippen LogP contribution in [0.15, 0.2) is 91.0 Å². The van der Waals surface area contributed by atoms with E-state index in [9.17, 15) is 10.2 Å². The number of anilines is 1. The lowest BCUT2D eigenvalue weighted by Crippen LogP contribution is -1.92. The number of phenols is 2. The Morgan fingerprint density at radius 2 is 1.10 bits per heavy atom. The Morgan fingerprint density at radius 1 is 0.517 bits per heavy atom. The first-order chi connectivity index (χ1) is 14.1. The molecule has 0 unspecified atom stereocenters. The van der Waals surface area contributed by atoms with E-state index in [4.69, 9.17) is 5.73 Å². The summed E-state index contributed by atoms with van der Waals surface area (Å²) in [6.45, 7) is 0. The van der Waals surface area contributed by atoms with Gasteiger partial charge in [0, 0.05) is 11.3 Å². The number of nitrogen functional groups attached to an aromatic ring is 1. The van der Waals surface area contributed by atoms with Crippen LogP contribution in [0.25, 0.3) is 43.8 Å². The van der Waals surface area contributed by atoms with Crippen molar-refractivity contribution in [1.82, 2.24) is 0 Å². The third-order valence-corrected chi connectivity index (χ3v) is 5.38. The molecular weight excluding hydrogens is 358 g/mol. The third kappa shape index (κ3) is 2.93. The quantitative estimate of drug-likeness (QED) is 0.315. The average molecular weight is 377 g/mol. The van der Waals surface area contributed by atoms with Gasteiger partial charge in [-0.3, -0.25) is 0 Å². The fourth-order valence-electron chi connectivity index (χ4n) is 3.99. The van der Waals surface area contributed by atoms with Gasteiger partial charge < -0.3 is 15.9 Å². The predicted molar refractivity (Wildman–Crippen MR) is 120 cm³/mol. The molecule has 0 saturated heterocycles. The first-order valence-electron chi connectivity index (χ1n) is 9.44. The number of aromatic hydroxyl groups is 2. The van der Waals surface area contributed by atoms with E-state index in [0.29, 0.717) is 5.69 Å². The maximum absolute atomic E-state index is 9.82. The highest BCUT2D eigenvalue weighted by molar-refractivity contribution is 6.02. The Hall–Kier alpha value is -3.98. The summed E-state index contributed by atoms with van der Waals surface area (Å²) in [5.41, 5.74) is 11.2. The molecule has 0 aliphatic carbocycles. The minimum absolute atomic E-state index is 0.246. The number of hydrogen-bond acceptors (Lipinski definition) is 3. The summed E-state index contributed by atoms with van der Waals surface area (Å²) < 4.78 is 0. The zero-order chi connectivity index (χ0) is 20.0. The van der Waals surface area contributed by atoms with Crippen molar-refractivity contribution in [3.8, 4) is 33.8 Å². The lowest BCUT2D eigenvalue weighted by Gasteiger charge is -2.13. The van der Waals surface area contributed by atoms with Gasteiger partial charge in [-0.1, -0.05) is 54.6 Å². The van der Waals surface area contributed by atoms with Crippen molar-refractivity contribution in [3.05, 3.63) is 91.0 Å². The molecule has 0 spiro atoms. The fourth-order valence-corrected chi connectivity index (χ4v) is 3.99. The van der Waals surface area contributed by atoms with Crippen LogP contribution in [-0.2, 0) is 0 Å². The molecule has 4 N–H and O–H groups in total. The molecular formula is C26H19NO2. The third-order valence-electron chi connectivity index (χ3n) is 5.38. The van der Waals surface area contributed by atoms with Crippen LogP contribution < -0.4 is 5.73 Å². The van der Waals surface area contributed by atoms with E-state index in [1.807, 2.05) is 48.5 Å². The zero-order valence-corrected chi connectivity index (χ0v) is 15.6. The summed E-state index contributed by atoms with van der Waals surface area (Å²) in [6.07, 6.45) is 0. The van der Waals surface area contributed by atoms with Crippen LogP contribution in [0, 0.1) is 0 Å². The highest BCUT2D eigenvalue weighted by atomic mass is 16.3. The van der Waals surface area contributed by atoms with Gasteiger partial charge in [0.25, 0.3) is 0 Å². The van der Waals surface area contributed by atoms with Crippen molar-refractivity contribution < 1.29 is 10.2 Å². The van der Waals surface area contributed by atoms with Crippen molar-refractivity contribution in [3.63, 3.8) is 0 Å². The molecule has 0 amide bonds. The van der Waals surface area contributed by atoms with E-state index in [1.165, 1.54) is 0 Å². The molecule has 0 atom stereocenters. The number of hydrogen-bond donors (Lipinski definition) is 3. The smallest absolute Gasteiger partial charge is 0.116 e. The van der Waals surface area contributed by atoms with Gasteiger partial charge in [-0.2, -0.15) is 0 Å². The highest BCUT2D eigenvalue weighted by Crippen LogP contribution is 2.38. The van der Waals surface area contributed by atoms with Gasteiger partial charge in [-0.05, 0) is 74.6 Å². The topological polar surface area (TPSA) is 66.5 Å². The van der Waals surface area contributed by atoms with Crippen molar-refractivity contribution >= 4 is 27.2 Å². The molecule has 5 rings (SSSR count). The molecule has 3 heteroatoms. The van der Waals surface area contributed by atoms with Crippen LogP contribution in [0.5, 0.6) is 11.5 Å². The molecule has 3 nitrogen and oxygen atoms in total. The second kappa shape index (κ2) is 6.57. The number of fused-ring (bicyclic) bond motifs is 2. The molecule has 0 aliphatic heterocycles. The van der Waals surface area contributed by atoms with Gasteiger partial charge in [0.1, 0.15) is 11.5 Å². The summed E-state index contributed by atoms with van der Waals surface area (Å²) >= 11 is 0.